The van der Waals surface area contributed by atoms with Gasteiger partial charge in [0.1, 0.15) is 0 Å². The maximum absolute atomic E-state index is 3.69. The van der Waals surface area contributed by atoms with Crippen LogP contribution in [-0.2, 0) is 0 Å². The van der Waals surface area contributed by atoms with Crippen LogP contribution in [0.15, 0.2) is 6.07 Å². The molecule has 0 bridgehead atoms. The molecule has 0 radical (unpaired) electrons. The molecule has 3 unspecified atom stereocenters. The zero-order chi connectivity index (χ0) is 11.0. The fourth-order valence-corrected chi connectivity index (χ4v) is 3.86. The summed E-state index contributed by atoms with van der Waals surface area (Å²) < 4.78 is 0. The first-order valence-electron chi connectivity index (χ1n) is 5.94. The molecule has 2 heteroatoms. The Balaban J connectivity index is 2.26. The fraction of sp³-hybridized carbons (Fsp3) is 0.692. The van der Waals surface area contributed by atoms with Crippen LogP contribution in [-0.4, -0.2) is 12.1 Å². The van der Waals surface area contributed by atoms with Gasteiger partial charge in [0, 0.05) is 27.8 Å². The van der Waals surface area contributed by atoms with Crippen molar-refractivity contribution >= 4 is 11.3 Å². The second-order valence-corrected chi connectivity index (χ2v) is 6.25. The average Bonchev–Trinajstić information content (AvgIpc) is 2.69. The molecule has 1 saturated heterocycles. The molecular formula is C13H21NS. The van der Waals surface area contributed by atoms with E-state index < -0.39 is 0 Å². The minimum atomic E-state index is 0.680. The summed E-state index contributed by atoms with van der Waals surface area (Å²) in [5.74, 6) is 0.745. The molecule has 0 aromatic carbocycles. The second kappa shape index (κ2) is 4.26. The third-order valence-electron chi connectivity index (χ3n) is 3.51. The summed E-state index contributed by atoms with van der Waals surface area (Å²) in [6.07, 6.45) is 2.54. The van der Waals surface area contributed by atoms with Gasteiger partial charge in [0.05, 0.1) is 0 Å². The van der Waals surface area contributed by atoms with E-state index in [4.69, 9.17) is 0 Å². The van der Waals surface area contributed by atoms with Crippen LogP contribution >= 0.6 is 11.3 Å². The van der Waals surface area contributed by atoms with Crippen LogP contribution in [0.4, 0.5) is 0 Å². The SMILES string of the molecule is CCC1NC(C)CC1c1cc(C)sc1C. The van der Waals surface area contributed by atoms with Gasteiger partial charge in [0.2, 0.25) is 0 Å². The molecule has 1 N–H and O–H groups in total. The Kier molecular flexibility index (Phi) is 3.17. The van der Waals surface area contributed by atoms with E-state index in [0.717, 1.165) is 5.92 Å². The van der Waals surface area contributed by atoms with Crippen molar-refractivity contribution in [2.24, 2.45) is 0 Å². The number of hydrogen-bond donors (Lipinski definition) is 1. The van der Waals surface area contributed by atoms with Crippen LogP contribution in [0.25, 0.3) is 0 Å². The van der Waals surface area contributed by atoms with Crippen molar-refractivity contribution in [3.63, 3.8) is 0 Å². The molecule has 0 amide bonds. The molecule has 0 aliphatic carbocycles. The van der Waals surface area contributed by atoms with Gasteiger partial charge in [0.25, 0.3) is 0 Å². The van der Waals surface area contributed by atoms with E-state index in [1.165, 1.54) is 22.6 Å². The first kappa shape index (κ1) is 11.2. The van der Waals surface area contributed by atoms with Crippen LogP contribution in [0.2, 0.25) is 0 Å². The Morgan fingerprint density at radius 3 is 2.73 bits per heavy atom. The predicted octanol–water partition coefficient (Wildman–Crippen LogP) is 3.61. The second-order valence-electron chi connectivity index (χ2n) is 4.79. The van der Waals surface area contributed by atoms with E-state index in [9.17, 15) is 0 Å². The van der Waals surface area contributed by atoms with E-state index in [1.54, 1.807) is 5.56 Å². The van der Waals surface area contributed by atoms with Crippen molar-refractivity contribution in [3.8, 4) is 0 Å². The summed E-state index contributed by atoms with van der Waals surface area (Å²) in [5, 5.41) is 3.69. The zero-order valence-electron chi connectivity index (χ0n) is 10.1. The molecule has 1 aromatic heterocycles. The largest absolute Gasteiger partial charge is 0.311 e. The third kappa shape index (κ3) is 2.11. The molecule has 84 valence electrons. The number of nitrogens with one attached hydrogen (secondary N) is 1. The summed E-state index contributed by atoms with van der Waals surface area (Å²) in [6, 6.07) is 3.76. The molecule has 1 aliphatic rings. The molecule has 2 heterocycles. The highest BCUT2D eigenvalue weighted by Gasteiger charge is 2.32. The van der Waals surface area contributed by atoms with Crippen molar-refractivity contribution < 1.29 is 0 Å². The lowest BCUT2D eigenvalue weighted by Gasteiger charge is -2.17. The molecule has 1 aromatic rings. The number of rotatable bonds is 2. The Labute approximate surface area is 96.9 Å². The van der Waals surface area contributed by atoms with E-state index in [0.29, 0.717) is 12.1 Å². The summed E-state index contributed by atoms with van der Waals surface area (Å²) in [7, 11) is 0. The van der Waals surface area contributed by atoms with Crippen LogP contribution in [0.5, 0.6) is 0 Å². The number of aryl methyl sites for hydroxylation is 2. The quantitative estimate of drug-likeness (QED) is 0.807. The Morgan fingerprint density at radius 1 is 1.47 bits per heavy atom. The highest BCUT2D eigenvalue weighted by Crippen LogP contribution is 2.37. The van der Waals surface area contributed by atoms with Gasteiger partial charge >= 0.3 is 0 Å². The Morgan fingerprint density at radius 2 is 2.20 bits per heavy atom. The van der Waals surface area contributed by atoms with Crippen LogP contribution < -0.4 is 5.32 Å². The summed E-state index contributed by atoms with van der Waals surface area (Å²) in [5.41, 5.74) is 1.60. The number of hydrogen-bond acceptors (Lipinski definition) is 2. The predicted molar refractivity (Wildman–Crippen MR) is 67.8 cm³/mol. The van der Waals surface area contributed by atoms with Crippen molar-refractivity contribution in [2.45, 2.75) is 58.5 Å². The summed E-state index contributed by atoms with van der Waals surface area (Å²) >= 11 is 1.94. The molecule has 0 saturated carbocycles. The van der Waals surface area contributed by atoms with Gasteiger partial charge in [0.15, 0.2) is 0 Å². The molecular weight excluding hydrogens is 202 g/mol. The van der Waals surface area contributed by atoms with Gasteiger partial charge in [-0.1, -0.05) is 6.92 Å². The lowest BCUT2D eigenvalue weighted by Crippen LogP contribution is -2.28. The minimum Gasteiger partial charge on any atom is -0.311 e. The smallest absolute Gasteiger partial charge is 0.0137 e. The van der Waals surface area contributed by atoms with Gasteiger partial charge < -0.3 is 5.32 Å². The highest BCUT2D eigenvalue weighted by molar-refractivity contribution is 7.12. The third-order valence-corrected chi connectivity index (χ3v) is 4.49. The van der Waals surface area contributed by atoms with Gasteiger partial charge in [-0.3, -0.25) is 0 Å². The first-order chi connectivity index (χ1) is 7.11. The van der Waals surface area contributed by atoms with Crippen LogP contribution in [0.3, 0.4) is 0 Å². The molecule has 3 atom stereocenters. The van der Waals surface area contributed by atoms with Crippen LogP contribution in [0, 0.1) is 13.8 Å². The molecule has 1 nitrogen and oxygen atoms in total. The van der Waals surface area contributed by atoms with Crippen molar-refractivity contribution in [1.82, 2.24) is 5.32 Å². The fourth-order valence-electron chi connectivity index (χ4n) is 2.86. The zero-order valence-corrected chi connectivity index (χ0v) is 10.9. The average molecular weight is 223 g/mol. The van der Waals surface area contributed by atoms with E-state index in [2.05, 4.69) is 39.1 Å². The van der Waals surface area contributed by atoms with Gasteiger partial charge in [-0.2, -0.15) is 0 Å². The molecule has 15 heavy (non-hydrogen) atoms. The van der Waals surface area contributed by atoms with Gasteiger partial charge in [-0.05, 0) is 45.2 Å². The molecule has 1 fully saturated rings. The van der Waals surface area contributed by atoms with Gasteiger partial charge in [-0.15, -0.1) is 11.3 Å². The summed E-state index contributed by atoms with van der Waals surface area (Å²) in [6.45, 7) is 9.07. The highest BCUT2D eigenvalue weighted by atomic mass is 32.1. The van der Waals surface area contributed by atoms with E-state index in [1.807, 2.05) is 11.3 Å². The van der Waals surface area contributed by atoms with Crippen molar-refractivity contribution in [1.29, 1.82) is 0 Å². The Hall–Kier alpha value is -0.340. The van der Waals surface area contributed by atoms with Crippen LogP contribution in [0.1, 0.15) is 47.9 Å². The molecule has 2 rings (SSSR count). The van der Waals surface area contributed by atoms with Crippen molar-refractivity contribution in [2.75, 3.05) is 0 Å². The van der Waals surface area contributed by atoms with Gasteiger partial charge in [-0.25, -0.2) is 0 Å². The standard InChI is InChI=1S/C13H21NS/c1-5-13-12(6-8(2)14-13)11-7-9(3)15-10(11)4/h7-8,12-14H,5-6H2,1-4H3. The van der Waals surface area contributed by atoms with E-state index >= 15 is 0 Å². The normalized spacial score (nSPS) is 31.1. The topological polar surface area (TPSA) is 12.0 Å². The lowest BCUT2D eigenvalue weighted by molar-refractivity contribution is 0.517. The molecule has 1 aliphatic heterocycles. The Bertz CT molecular complexity index is 342. The lowest BCUT2D eigenvalue weighted by atomic mass is 9.90. The monoisotopic (exact) mass is 223 g/mol. The first-order valence-corrected chi connectivity index (χ1v) is 6.76. The minimum absolute atomic E-state index is 0.680. The van der Waals surface area contributed by atoms with Crippen molar-refractivity contribution in [3.05, 3.63) is 21.4 Å². The summed E-state index contributed by atoms with van der Waals surface area (Å²) in [4.78, 5) is 2.98. The molecule has 0 spiro atoms. The maximum atomic E-state index is 3.69. The van der Waals surface area contributed by atoms with E-state index in [-0.39, 0.29) is 0 Å². The number of thiophene rings is 1. The maximum Gasteiger partial charge on any atom is 0.0137 e.